The number of imide groups is 1. The van der Waals surface area contributed by atoms with Gasteiger partial charge in [-0.25, -0.2) is 4.79 Å². The van der Waals surface area contributed by atoms with Gasteiger partial charge in [0.1, 0.15) is 11.6 Å². The number of hydrogen-bond donors (Lipinski definition) is 2. The van der Waals surface area contributed by atoms with Crippen LogP contribution in [0.3, 0.4) is 0 Å². The van der Waals surface area contributed by atoms with Crippen LogP contribution in [0.1, 0.15) is 25.8 Å². The first-order valence-electron chi connectivity index (χ1n) is 7.14. The molecule has 0 saturated carbocycles. The van der Waals surface area contributed by atoms with Crippen molar-refractivity contribution in [3.05, 3.63) is 29.3 Å². The zero-order chi connectivity index (χ0) is 17.2. The molecule has 0 unspecified atom stereocenters. The van der Waals surface area contributed by atoms with Crippen LogP contribution in [-0.4, -0.2) is 25.2 Å². The van der Waals surface area contributed by atoms with Gasteiger partial charge in [0.15, 0.2) is 11.5 Å². The summed E-state index contributed by atoms with van der Waals surface area (Å²) in [4.78, 5) is 22.3. The van der Waals surface area contributed by atoms with E-state index >= 15 is 0 Å². The van der Waals surface area contributed by atoms with Gasteiger partial charge in [-0.05, 0) is 37.1 Å². The minimum absolute atomic E-state index is 0.242. The number of nitriles is 1. The molecule has 0 spiro atoms. The predicted molar refractivity (Wildman–Crippen MR) is 84.7 cm³/mol. The summed E-state index contributed by atoms with van der Waals surface area (Å²) >= 11 is 0. The van der Waals surface area contributed by atoms with Gasteiger partial charge in [-0.2, -0.15) is 5.26 Å². The first-order chi connectivity index (χ1) is 11.0. The van der Waals surface area contributed by atoms with Gasteiger partial charge in [-0.3, -0.25) is 10.1 Å². The minimum atomic E-state index is -1.02. The van der Waals surface area contributed by atoms with Crippen molar-refractivity contribution in [2.45, 2.75) is 20.3 Å². The van der Waals surface area contributed by atoms with Gasteiger partial charge in [0.25, 0.3) is 5.91 Å². The first kappa shape index (κ1) is 18.0. The van der Waals surface area contributed by atoms with Gasteiger partial charge in [0, 0.05) is 0 Å². The van der Waals surface area contributed by atoms with Gasteiger partial charge < -0.3 is 15.2 Å². The Kier molecular flexibility index (Phi) is 7.14. The third kappa shape index (κ3) is 5.71. The lowest BCUT2D eigenvalue weighted by Gasteiger charge is -2.12. The number of nitrogens with two attached hydrogens (primary N) is 1. The molecule has 0 aliphatic carbocycles. The highest BCUT2D eigenvalue weighted by Crippen LogP contribution is 2.29. The molecule has 1 aromatic rings. The van der Waals surface area contributed by atoms with E-state index in [9.17, 15) is 9.59 Å². The Morgan fingerprint density at radius 1 is 1.30 bits per heavy atom. The average Bonchev–Trinajstić information content (AvgIpc) is 2.51. The number of carbonyl (C=O) groups is 2. The smallest absolute Gasteiger partial charge is 0.319 e. The van der Waals surface area contributed by atoms with Gasteiger partial charge in [0.05, 0.1) is 13.2 Å². The molecule has 122 valence electrons. The SMILES string of the molecule is CCCOc1ccc(C=C(C#N)C(=O)NC(N)=O)cc1OCC. The second-order valence-corrected chi connectivity index (χ2v) is 4.48. The zero-order valence-corrected chi connectivity index (χ0v) is 13.1. The number of ether oxygens (including phenoxy) is 2. The summed E-state index contributed by atoms with van der Waals surface area (Å²) in [5.41, 5.74) is 5.19. The van der Waals surface area contributed by atoms with Crippen molar-refractivity contribution >= 4 is 18.0 Å². The van der Waals surface area contributed by atoms with Crippen molar-refractivity contribution < 1.29 is 19.1 Å². The molecule has 0 bridgehead atoms. The lowest BCUT2D eigenvalue weighted by molar-refractivity contribution is -0.115. The van der Waals surface area contributed by atoms with E-state index < -0.39 is 11.9 Å². The largest absolute Gasteiger partial charge is 0.490 e. The van der Waals surface area contributed by atoms with Gasteiger partial charge in [-0.1, -0.05) is 13.0 Å². The standard InChI is InChI=1S/C16H19N3O4/c1-3-7-23-13-6-5-11(9-14(13)22-4-2)8-12(10-17)15(20)19-16(18)21/h5-6,8-9H,3-4,7H2,1-2H3,(H3,18,19,20,21). The Bertz CT molecular complexity index is 647. The van der Waals surface area contributed by atoms with Gasteiger partial charge in [-0.15, -0.1) is 0 Å². The van der Waals surface area contributed by atoms with E-state index in [1.54, 1.807) is 24.3 Å². The van der Waals surface area contributed by atoms with E-state index in [0.29, 0.717) is 30.3 Å². The maximum absolute atomic E-state index is 11.6. The molecule has 7 nitrogen and oxygen atoms in total. The molecule has 0 aliphatic heterocycles. The molecular weight excluding hydrogens is 298 g/mol. The number of urea groups is 1. The molecule has 0 atom stereocenters. The topological polar surface area (TPSA) is 114 Å². The summed E-state index contributed by atoms with van der Waals surface area (Å²) < 4.78 is 11.1. The molecule has 23 heavy (non-hydrogen) atoms. The van der Waals surface area contributed by atoms with Crippen LogP contribution in [-0.2, 0) is 4.79 Å². The molecular formula is C16H19N3O4. The van der Waals surface area contributed by atoms with Crippen molar-refractivity contribution in [2.75, 3.05) is 13.2 Å². The van der Waals surface area contributed by atoms with Crippen molar-refractivity contribution in [3.63, 3.8) is 0 Å². The summed E-state index contributed by atoms with van der Waals surface area (Å²) in [6, 6.07) is 5.75. The number of amides is 3. The highest BCUT2D eigenvalue weighted by atomic mass is 16.5. The molecule has 3 amide bonds. The fourth-order valence-electron chi connectivity index (χ4n) is 1.71. The molecule has 3 N–H and O–H groups in total. The quantitative estimate of drug-likeness (QED) is 0.589. The van der Waals surface area contributed by atoms with Crippen LogP contribution in [0.25, 0.3) is 6.08 Å². The van der Waals surface area contributed by atoms with Crippen LogP contribution in [0.5, 0.6) is 11.5 Å². The van der Waals surface area contributed by atoms with Gasteiger partial charge >= 0.3 is 6.03 Å². The van der Waals surface area contributed by atoms with Crippen molar-refractivity contribution in [1.29, 1.82) is 5.26 Å². The molecule has 1 aromatic carbocycles. The number of hydrogen-bond acceptors (Lipinski definition) is 5. The number of nitrogens with one attached hydrogen (secondary N) is 1. The Morgan fingerprint density at radius 2 is 2.04 bits per heavy atom. The second kappa shape index (κ2) is 9.10. The minimum Gasteiger partial charge on any atom is -0.490 e. The van der Waals surface area contributed by atoms with Crippen molar-refractivity contribution in [1.82, 2.24) is 5.32 Å². The van der Waals surface area contributed by atoms with Crippen LogP contribution in [0.2, 0.25) is 0 Å². The number of carbonyl (C=O) groups excluding carboxylic acids is 2. The summed E-state index contributed by atoms with van der Waals surface area (Å²) in [6.07, 6.45) is 2.20. The summed E-state index contributed by atoms with van der Waals surface area (Å²) in [5, 5.41) is 10.9. The van der Waals surface area contributed by atoms with E-state index in [0.717, 1.165) is 6.42 Å². The van der Waals surface area contributed by atoms with Gasteiger partial charge in [0.2, 0.25) is 0 Å². The Morgan fingerprint density at radius 3 is 2.61 bits per heavy atom. The Hall–Kier alpha value is -3.01. The van der Waals surface area contributed by atoms with Crippen LogP contribution in [0.15, 0.2) is 23.8 Å². The third-order valence-corrected chi connectivity index (χ3v) is 2.64. The van der Waals surface area contributed by atoms with Crippen LogP contribution in [0, 0.1) is 11.3 Å². The molecule has 0 saturated heterocycles. The zero-order valence-electron chi connectivity index (χ0n) is 13.1. The molecule has 0 heterocycles. The van der Waals surface area contributed by atoms with E-state index in [4.69, 9.17) is 20.5 Å². The number of rotatable bonds is 7. The fourth-order valence-corrected chi connectivity index (χ4v) is 1.71. The molecule has 0 aliphatic rings. The third-order valence-electron chi connectivity index (χ3n) is 2.64. The van der Waals surface area contributed by atoms with E-state index in [1.807, 2.05) is 19.2 Å². The lowest BCUT2D eigenvalue weighted by atomic mass is 10.1. The average molecular weight is 317 g/mol. The molecule has 0 fully saturated rings. The number of nitrogens with zero attached hydrogens (tertiary/aromatic N) is 1. The fraction of sp³-hybridized carbons (Fsp3) is 0.312. The van der Waals surface area contributed by atoms with E-state index in [2.05, 4.69) is 0 Å². The predicted octanol–water partition coefficient (Wildman–Crippen LogP) is 1.98. The summed E-state index contributed by atoms with van der Waals surface area (Å²) in [6.45, 7) is 4.84. The highest BCUT2D eigenvalue weighted by molar-refractivity contribution is 6.08. The maximum atomic E-state index is 11.6. The summed E-state index contributed by atoms with van der Waals surface area (Å²) in [7, 11) is 0. The van der Waals surface area contributed by atoms with Crippen molar-refractivity contribution in [3.8, 4) is 17.6 Å². The second-order valence-electron chi connectivity index (χ2n) is 4.48. The van der Waals surface area contributed by atoms with Crippen LogP contribution >= 0.6 is 0 Å². The molecule has 1 rings (SSSR count). The number of primary amides is 1. The molecule has 0 aromatic heterocycles. The first-order valence-corrected chi connectivity index (χ1v) is 7.14. The molecule has 7 heteroatoms. The van der Waals surface area contributed by atoms with E-state index in [-0.39, 0.29) is 5.57 Å². The number of benzene rings is 1. The van der Waals surface area contributed by atoms with Crippen LogP contribution in [0.4, 0.5) is 4.79 Å². The van der Waals surface area contributed by atoms with Crippen LogP contribution < -0.4 is 20.5 Å². The summed E-state index contributed by atoms with van der Waals surface area (Å²) in [5.74, 6) is 0.248. The van der Waals surface area contributed by atoms with Crippen molar-refractivity contribution in [2.24, 2.45) is 5.73 Å². The highest BCUT2D eigenvalue weighted by Gasteiger charge is 2.12. The monoisotopic (exact) mass is 317 g/mol. The Balaban J connectivity index is 3.09. The Labute approximate surface area is 134 Å². The normalized spacial score (nSPS) is 10.6. The van der Waals surface area contributed by atoms with E-state index in [1.165, 1.54) is 6.08 Å². The molecule has 0 radical (unpaired) electrons. The lowest BCUT2D eigenvalue weighted by Crippen LogP contribution is -2.35. The maximum Gasteiger partial charge on any atom is 0.319 e.